The summed E-state index contributed by atoms with van der Waals surface area (Å²) in [5.74, 6) is 0.762. The summed E-state index contributed by atoms with van der Waals surface area (Å²) in [6, 6.07) is 23.9. The van der Waals surface area contributed by atoms with E-state index in [2.05, 4.69) is 43.6 Å². The van der Waals surface area contributed by atoms with Gasteiger partial charge >= 0.3 is 0 Å². The summed E-state index contributed by atoms with van der Waals surface area (Å²) in [4.78, 5) is 9.87. The van der Waals surface area contributed by atoms with E-state index in [4.69, 9.17) is 4.84 Å². The van der Waals surface area contributed by atoms with Crippen molar-refractivity contribution in [3.8, 4) is 0 Å². The molecule has 31 heavy (non-hydrogen) atoms. The molecule has 0 aliphatic carbocycles. The minimum Gasteiger partial charge on any atom is -0.391 e. The van der Waals surface area contributed by atoms with Gasteiger partial charge in [-0.05, 0) is 48.4 Å². The van der Waals surface area contributed by atoms with Gasteiger partial charge in [-0.25, -0.2) is 0 Å². The number of rotatable bonds is 6. The minimum absolute atomic E-state index is 0.412. The monoisotopic (exact) mass is 408 g/mol. The molecule has 7 heteroatoms. The number of benzene rings is 2. The topological polar surface area (TPSA) is 77.6 Å². The highest BCUT2D eigenvalue weighted by Crippen LogP contribution is 2.16. The number of nitrogens with zero attached hydrogens (tertiary/aromatic N) is 6. The molecule has 0 amide bonds. The van der Waals surface area contributed by atoms with Crippen LogP contribution in [0.3, 0.4) is 0 Å². The Bertz CT molecular complexity index is 1380. The molecule has 0 bridgehead atoms. The molecular weight excluding hydrogens is 388 g/mol. The highest BCUT2D eigenvalue weighted by molar-refractivity contribution is 5.96. The Morgan fingerprint density at radius 3 is 2.74 bits per heavy atom. The zero-order valence-electron chi connectivity index (χ0n) is 17.0. The molecule has 0 fully saturated rings. The maximum absolute atomic E-state index is 5.50. The molecule has 0 aliphatic rings. The second-order valence-corrected chi connectivity index (χ2v) is 7.25. The number of fused-ring (bicyclic) bond motifs is 2. The van der Waals surface area contributed by atoms with Crippen LogP contribution in [0.25, 0.3) is 16.6 Å². The van der Waals surface area contributed by atoms with Crippen molar-refractivity contribution in [2.24, 2.45) is 5.16 Å². The quantitative estimate of drug-likeness (QED) is 0.311. The zero-order valence-corrected chi connectivity index (χ0v) is 17.0. The van der Waals surface area contributed by atoms with Crippen LogP contribution in [0.15, 0.2) is 84.1 Å². The number of pyridine rings is 1. The van der Waals surface area contributed by atoms with Crippen LogP contribution >= 0.6 is 0 Å². The SMILES string of the molecule is C/C(=N/OCc1ccccc1)c1ccc2nnc(Cc3ccc4ncccc4c3)n2n1. The third-order valence-corrected chi connectivity index (χ3v) is 5.00. The molecule has 0 saturated heterocycles. The van der Waals surface area contributed by atoms with E-state index in [1.165, 1.54) is 0 Å². The van der Waals surface area contributed by atoms with Crippen molar-refractivity contribution in [1.29, 1.82) is 0 Å². The Labute approximate surface area is 179 Å². The maximum Gasteiger partial charge on any atom is 0.177 e. The van der Waals surface area contributed by atoms with Crippen LogP contribution in [0.5, 0.6) is 0 Å². The van der Waals surface area contributed by atoms with Gasteiger partial charge in [-0.1, -0.05) is 47.6 Å². The molecule has 0 spiro atoms. The van der Waals surface area contributed by atoms with Crippen molar-refractivity contribution >= 4 is 22.3 Å². The van der Waals surface area contributed by atoms with Gasteiger partial charge in [0.05, 0.1) is 5.52 Å². The molecule has 5 rings (SSSR count). The summed E-state index contributed by atoms with van der Waals surface area (Å²) in [5.41, 5.74) is 5.26. The lowest BCUT2D eigenvalue weighted by Gasteiger charge is -2.05. The van der Waals surface area contributed by atoms with E-state index in [0.717, 1.165) is 27.9 Å². The van der Waals surface area contributed by atoms with E-state index in [-0.39, 0.29) is 0 Å². The van der Waals surface area contributed by atoms with E-state index in [1.54, 1.807) is 10.7 Å². The molecule has 0 atom stereocenters. The first-order chi connectivity index (χ1) is 15.3. The molecule has 0 saturated carbocycles. The fourth-order valence-corrected chi connectivity index (χ4v) is 3.38. The number of aromatic nitrogens is 5. The summed E-state index contributed by atoms with van der Waals surface area (Å²) in [7, 11) is 0. The molecule has 3 aromatic heterocycles. The molecule has 7 nitrogen and oxygen atoms in total. The molecule has 0 N–H and O–H groups in total. The van der Waals surface area contributed by atoms with E-state index in [1.807, 2.05) is 61.5 Å². The van der Waals surface area contributed by atoms with Gasteiger partial charge in [0.25, 0.3) is 0 Å². The van der Waals surface area contributed by atoms with E-state index in [9.17, 15) is 0 Å². The van der Waals surface area contributed by atoms with Crippen molar-refractivity contribution in [3.63, 3.8) is 0 Å². The van der Waals surface area contributed by atoms with Gasteiger partial charge in [0.15, 0.2) is 11.5 Å². The molecule has 152 valence electrons. The average Bonchev–Trinajstić information content (AvgIpc) is 3.21. The largest absolute Gasteiger partial charge is 0.391 e. The Balaban J connectivity index is 1.37. The van der Waals surface area contributed by atoms with Crippen molar-refractivity contribution < 1.29 is 4.84 Å². The molecule has 3 heterocycles. The van der Waals surface area contributed by atoms with Gasteiger partial charge in [0, 0.05) is 18.0 Å². The fraction of sp³-hybridized carbons (Fsp3) is 0.125. The lowest BCUT2D eigenvalue weighted by Crippen LogP contribution is -2.07. The van der Waals surface area contributed by atoms with Crippen LogP contribution in [0, 0.1) is 0 Å². The smallest absolute Gasteiger partial charge is 0.177 e. The predicted molar refractivity (Wildman–Crippen MR) is 119 cm³/mol. The van der Waals surface area contributed by atoms with Crippen LogP contribution in [0.2, 0.25) is 0 Å². The van der Waals surface area contributed by atoms with Gasteiger partial charge in [-0.15, -0.1) is 10.2 Å². The zero-order chi connectivity index (χ0) is 21.0. The summed E-state index contributed by atoms with van der Waals surface area (Å²) in [6.45, 7) is 2.29. The third-order valence-electron chi connectivity index (χ3n) is 5.00. The summed E-state index contributed by atoms with van der Waals surface area (Å²) < 4.78 is 1.76. The molecule has 2 aromatic carbocycles. The Morgan fingerprint density at radius 2 is 1.84 bits per heavy atom. The first-order valence-electron chi connectivity index (χ1n) is 10.0. The van der Waals surface area contributed by atoms with Crippen molar-refractivity contribution in [3.05, 3.63) is 102 Å². The predicted octanol–water partition coefficient (Wildman–Crippen LogP) is 4.20. The summed E-state index contributed by atoms with van der Waals surface area (Å²) in [5, 5.41) is 18.6. The standard InChI is InChI=1S/C24H20N6O/c1-17(29-31-16-18-6-3-2-4-7-18)21-11-12-23-26-27-24(30(23)28-21)15-19-9-10-22-20(14-19)8-5-13-25-22/h2-14H,15-16H2,1H3/b29-17-. The molecular formula is C24H20N6O. The van der Waals surface area contributed by atoms with Crippen molar-refractivity contribution in [2.45, 2.75) is 20.0 Å². The lowest BCUT2D eigenvalue weighted by atomic mass is 10.1. The van der Waals surface area contributed by atoms with Crippen molar-refractivity contribution in [2.75, 3.05) is 0 Å². The summed E-state index contributed by atoms with van der Waals surface area (Å²) >= 11 is 0. The van der Waals surface area contributed by atoms with Crippen LogP contribution < -0.4 is 0 Å². The van der Waals surface area contributed by atoms with Crippen LogP contribution in [-0.4, -0.2) is 30.5 Å². The van der Waals surface area contributed by atoms with Crippen LogP contribution in [0.1, 0.15) is 29.6 Å². The van der Waals surface area contributed by atoms with Gasteiger partial charge < -0.3 is 4.84 Å². The van der Waals surface area contributed by atoms with E-state index >= 15 is 0 Å². The second kappa shape index (κ2) is 8.31. The Hall–Kier alpha value is -4.13. The Morgan fingerprint density at radius 1 is 0.935 bits per heavy atom. The van der Waals surface area contributed by atoms with Gasteiger partial charge in [-0.3, -0.25) is 4.98 Å². The lowest BCUT2D eigenvalue weighted by molar-refractivity contribution is 0.130. The van der Waals surface area contributed by atoms with Gasteiger partial charge in [-0.2, -0.15) is 9.61 Å². The highest BCUT2D eigenvalue weighted by atomic mass is 16.6. The fourth-order valence-electron chi connectivity index (χ4n) is 3.38. The van der Waals surface area contributed by atoms with Crippen LogP contribution in [-0.2, 0) is 17.9 Å². The normalized spacial score (nSPS) is 11.8. The first kappa shape index (κ1) is 18.9. The van der Waals surface area contributed by atoms with Crippen molar-refractivity contribution in [1.82, 2.24) is 24.8 Å². The van der Waals surface area contributed by atoms with E-state index in [0.29, 0.717) is 30.1 Å². The number of oxime groups is 1. The Kier molecular flexibility index (Phi) is 5.06. The highest BCUT2D eigenvalue weighted by Gasteiger charge is 2.11. The summed E-state index contributed by atoms with van der Waals surface area (Å²) in [6.07, 6.45) is 2.41. The van der Waals surface area contributed by atoms with Gasteiger partial charge in [0.1, 0.15) is 18.0 Å². The molecule has 0 unspecified atom stereocenters. The van der Waals surface area contributed by atoms with Gasteiger partial charge in [0.2, 0.25) is 0 Å². The minimum atomic E-state index is 0.412. The number of hydrogen-bond acceptors (Lipinski definition) is 6. The first-order valence-corrected chi connectivity index (χ1v) is 10.0. The van der Waals surface area contributed by atoms with E-state index < -0.39 is 0 Å². The third kappa shape index (κ3) is 4.11. The van der Waals surface area contributed by atoms with Crippen LogP contribution in [0.4, 0.5) is 0 Å². The number of hydrogen-bond donors (Lipinski definition) is 0. The molecule has 0 radical (unpaired) electrons. The average molecular weight is 408 g/mol. The molecule has 0 aliphatic heterocycles. The molecule has 5 aromatic rings. The second-order valence-electron chi connectivity index (χ2n) is 7.25. The maximum atomic E-state index is 5.50.